The van der Waals surface area contributed by atoms with E-state index in [9.17, 15) is 9.59 Å². The number of aliphatic carboxylic acids is 1. The average Bonchev–Trinajstić information content (AvgIpc) is 2.34. The summed E-state index contributed by atoms with van der Waals surface area (Å²) < 4.78 is 1.52. The Labute approximate surface area is 78.8 Å². The molecule has 1 N–H and O–H groups in total. The number of carboxylic acids is 1. The number of carbonyl (C=O) groups is 1. The molecule has 1 aromatic heterocycles. The number of aryl methyl sites for hydroxylation is 1. The van der Waals surface area contributed by atoms with Crippen molar-refractivity contribution in [3.63, 3.8) is 0 Å². The molecular weight excluding hydrogens is 190 g/mol. The molecular formula is C8H9NO3S. The quantitative estimate of drug-likeness (QED) is 0.734. The molecule has 0 aliphatic heterocycles. The summed E-state index contributed by atoms with van der Waals surface area (Å²) in [4.78, 5) is 21.2. The van der Waals surface area contributed by atoms with E-state index < -0.39 is 5.97 Å². The highest BCUT2D eigenvalue weighted by atomic mass is 32.1. The molecule has 0 unspecified atom stereocenters. The molecule has 0 atom stereocenters. The fourth-order valence-corrected chi connectivity index (χ4v) is 1.63. The van der Waals surface area contributed by atoms with Crippen molar-refractivity contribution in [2.24, 2.45) is 0 Å². The average molecular weight is 199 g/mol. The summed E-state index contributed by atoms with van der Waals surface area (Å²) in [6, 6.07) is 0. The van der Waals surface area contributed by atoms with Gasteiger partial charge in [-0.3, -0.25) is 9.36 Å². The van der Waals surface area contributed by atoms with Gasteiger partial charge in [-0.25, -0.2) is 4.79 Å². The van der Waals surface area contributed by atoms with Crippen LogP contribution in [0.4, 0.5) is 0 Å². The standard InChI is InChI=1S/C8H9NO3S/c1-6-5-13-8(12)9(6)4-2-3-7(10)11/h2-3,5H,4H2,1H3,(H,10,11)/b3-2+. The highest BCUT2D eigenvalue weighted by Gasteiger charge is 1.99. The van der Waals surface area contributed by atoms with Crippen molar-refractivity contribution < 1.29 is 9.90 Å². The van der Waals surface area contributed by atoms with Crippen molar-refractivity contribution >= 4 is 17.3 Å². The topological polar surface area (TPSA) is 59.3 Å². The predicted molar refractivity (Wildman–Crippen MR) is 50.1 cm³/mol. The van der Waals surface area contributed by atoms with Gasteiger partial charge in [0.2, 0.25) is 0 Å². The summed E-state index contributed by atoms with van der Waals surface area (Å²) in [5.74, 6) is -0.999. The maximum atomic E-state index is 11.1. The molecule has 0 aliphatic carbocycles. The summed E-state index contributed by atoms with van der Waals surface area (Å²) in [6.45, 7) is 2.13. The minimum absolute atomic E-state index is 0.0625. The summed E-state index contributed by atoms with van der Waals surface area (Å²) in [6.07, 6.45) is 2.48. The van der Waals surface area contributed by atoms with Gasteiger partial charge in [0, 0.05) is 23.7 Å². The lowest BCUT2D eigenvalue weighted by molar-refractivity contribution is -0.131. The molecule has 1 rings (SSSR count). The first kappa shape index (κ1) is 9.73. The van der Waals surface area contributed by atoms with Crippen LogP contribution in [-0.4, -0.2) is 15.6 Å². The third-order valence-electron chi connectivity index (χ3n) is 1.52. The van der Waals surface area contributed by atoms with E-state index in [1.807, 2.05) is 6.92 Å². The van der Waals surface area contributed by atoms with Gasteiger partial charge in [0.25, 0.3) is 0 Å². The molecule has 0 amide bonds. The number of thiazole rings is 1. The van der Waals surface area contributed by atoms with Crippen molar-refractivity contribution in [1.82, 2.24) is 4.57 Å². The monoisotopic (exact) mass is 199 g/mol. The summed E-state index contributed by atoms with van der Waals surface area (Å²) >= 11 is 1.12. The molecule has 0 aromatic carbocycles. The van der Waals surface area contributed by atoms with Crippen molar-refractivity contribution in [2.75, 3.05) is 0 Å². The number of aromatic nitrogens is 1. The molecule has 13 heavy (non-hydrogen) atoms. The zero-order chi connectivity index (χ0) is 9.84. The number of rotatable bonds is 3. The van der Waals surface area contributed by atoms with Crippen LogP contribution in [-0.2, 0) is 11.3 Å². The second-order valence-electron chi connectivity index (χ2n) is 2.49. The van der Waals surface area contributed by atoms with Gasteiger partial charge in [0.1, 0.15) is 0 Å². The number of hydrogen-bond donors (Lipinski definition) is 1. The Morgan fingerprint density at radius 1 is 1.77 bits per heavy atom. The van der Waals surface area contributed by atoms with Crippen molar-refractivity contribution in [3.05, 3.63) is 32.9 Å². The molecule has 0 bridgehead atoms. The first-order chi connectivity index (χ1) is 6.11. The molecule has 0 aliphatic rings. The van der Waals surface area contributed by atoms with E-state index in [0.29, 0.717) is 6.54 Å². The maximum Gasteiger partial charge on any atom is 0.328 e. The minimum atomic E-state index is -0.999. The summed E-state index contributed by atoms with van der Waals surface area (Å²) in [5, 5.41) is 10.1. The number of allylic oxidation sites excluding steroid dienone is 1. The van der Waals surface area contributed by atoms with Crippen LogP contribution in [0.5, 0.6) is 0 Å². The number of hydrogen-bond acceptors (Lipinski definition) is 3. The van der Waals surface area contributed by atoms with Gasteiger partial charge >= 0.3 is 10.8 Å². The van der Waals surface area contributed by atoms with E-state index >= 15 is 0 Å². The van der Waals surface area contributed by atoms with Crippen molar-refractivity contribution in [3.8, 4) is 0 Å². The van der Waals surface area contributed by atoms with Crippen LogP contribution in [0.3, 0.4) is 0 Å². The van der Waals surface area contributed by atoms with E-state index in [2.05, 4.69) is 0 Å². The fraction of sp³-hybridized carbons (Fsp3) is 0.250. The Balaban J connectivity index is 2.75. The number of carboxylic acid groups (broad SMARTS) is 1. The smallest absolute Gasteiger partial charge is 0.328 e. The van der Waals surface area contributed by atoms with Crippen molar-refractivity contribution in [1.29, 1.82) is 0 Å². The van der Waals surface area contributed by atoms with Gasteiger partial charge in [-0.2, -0.15) is 0 Å². The second kappa shape index (κ2) is 4.04. The molecule has 0 radical (unpaired) electrons. The van der Waals surface area contributed by atoms with E-state index in [1.54, 1.807) is 5.38 Å². The maximum absolute atomic E-state index is 11.1. The SMILES string of the molecule is Cc1csc(=O)n1C/C=C/C(=O)O. The van der Waals surface area contributed by atoms with Gasteiger partial charge in [0.05, 0.1) is 0 Å². The van der Waals surface area contributed by atoms with Crippen LogP contribution in [0.2, 0.25) is 0 Å². The van der Waals surface area contributed by atoms with Crippen molar-refractivity contribution in [2.45, 2.75) is 13.5 Å². The highest BCUT2D eigenvalue weighted by molar-refractivity contribution is 7.07. The van der Waals surface area contributed by atoms with Crippen LogP contribution in [0.1, 0.15) is 5.69 Å². The Morgan fingerprint density at radius 3 is 2.92 bits per heavy atom. The van der Waals surface area contributed by atoms with E-state index in [-0.39, 0.29) is 4.87 Å². The van der Waals surface area contributed by atoms with Gasteiger partial charge in [-0.05, 0) is 6.92 Å². The predicted octanol–water partition coefficient (Wildman–Crippen LogP) is 0.859. The zero-order valence-electron chi connectivity index (χ0n) is 7.06. The van der Waals surface area contributed by atoms with Gasteiger partial charge in [-0.1, -0.05) is 17.4 Å². The minimum Gasteiger partial charge on any atom is -0.478 e. The molecule has 4 nitrogen and oxygen atoms in total. The Morgan fingerprint density at radius 2 is 2.46 bits per heavy atom. The fourth-order valence-electron chi connectivity index (χ4n) is 0.884. The first-order valence-corrected chi connectivity index (χ1v) is 4.53. The molecule has 1 aromatic rings. The molecule has 0 fully saturated rings. The Kier molecular flexibility index (Phi) is 3.02. The van der Waals surface area contributed by atoms with Crippen LogP contribution in [0.25, 0.3) is 0 Å². The van der Waals surface area contributed by atoms with E-state index in [1.165, 1.54) is 10.6 Å². The first-order valence-electron chi connectivity index (χ1n) is 3.65. The molecule has 0 spiro atoms. The van der Waals surface area contributed by atoms with Crippen LogP contribution in [0, 0.1) is 6.92 Å². The van der Waals surface area contributed by atoms with Gasteiger partial charge in [-0.15, -0.1) is 0 Å². The molecule has 70 valence electrons. The lowest BCUT2D eigenvalue weighted by Gasteiger charge is -1.97. The van der Waals surface area contributed by atoms with Crippen LogP contribution >= 0.6 is 11.3 Å². The Bertz CT molecular complexity index is 388. The summed E-state index contributed by atoms with van der Waals surface area (Å²) in [7, 11) is 0. The Hall–Kier alpha value is -1.36. The lowest BCUT2D eigenvalue weighted by Crippen LogP contribution is -2.13. The third-order valence-corrected chi connectivity index (χ3v) is 2.41. The van der Waals surface area contributed by atoms with Crippen LogP contribution in [0.15, 0.2) is 22.3 Å². The molecule has 5 heteroatoms. The van der Waals surface area contributed by atoms with Gasteiger partial charge < -0.3 is 5.11 Å². The number of nitrogens with zero attached hydrogens (tertiary/aromatic N) is 1. The largest absolute Gasteiger partial charge is 0.478 e. The van der Waals surface area contributed by atoms with Crippen LogP contribution < -0.4 is 4.87 Å². The lowest BCUT2D eigenvalue weighted by atomic mass is 10.4. The molecule has 0 saturated heterocycles. The van der Waals surface area contributed by atoms with Gasteiger partial charge in [0.15, 0.2) is 0 Å². The third kappa shape index (κ3) is 2.55. The molecule has 0 saturated carbocycles. The highest BCUT2D eigenvalue weighted by Crippen LogP contribution is 1.98. The van der Waals surface area contributed by atoms with E-state index in [4.69, 9.17) is 5.11 Å². The zero-order valence-corrected chi connectivity index (χ0v) is 7.87. The normalized spacial score (nSPS) is 10.8. The second-order valence-corrected chi connectivity index (χ2v) is 3.31. The summed E-state index contributed by atoms with van der Waals surface area (Å²) in [5.41, 5.74) is 0.852. The van der Waals surface area contributed by atoms with E-state index in [0.717, 1.165) is 23.1 Å². The molecule has 1 heterocycles.